The Bertz CT molecular complexity index is 456. The smallest absolute Gasteiger partial charge is 0.222 e. The van der Waals surface area contributed by atoms with E-state index in [2.05, 4.69) is 62.4 Å². The second-order valence-corrected chi connectivity index (χ2v) is 4.88. The SMILES string of the molecule is CC(Cc1ccccc1)Nc1ncc(Br)cn1. The zero-order chi connectivity index (χ0) is 12.1. The molecule has 0 fully saturated rings. The molecule has 2 rings (SSSR count). The minimum absolute atomic E-state index is 0.304. The van der Waals surface area contributed by atoms with Crippen molar-refractivity contribution in [3.8, 4) is 0 Å². The number of aromatic nitrogens is 2. The van der Waals surface area contributed by atoms with Gasteiger partial charge in [0.1, 0.15) is 0 Å². The number of nitrogens with zero attached hydrogens (tertiary/aromatic N) is 2. The molecule has 1 atom stereocenters. The summed E-state index contributed by atoms with van der Waals surface area (Å²) in [4.78, 5) is 8.38. The average Bonchev–Trinajstić information content (AvgIpc) is 2.33. The van der Waals surface area contributed by atoms with Gasteiger partial charge in [-0.05, 0) is 34.8 Å². The maximum atomic E-state index is 4.19. The van der Waals surface area contributed by atoms with Crippen LogP contribution in [0, 0.1) is 0 Å². The Labute approximate surface area is 109 Å². The number of nitrogens with one attached hydrogen (secondary N) is 1. The molecule has 0 saturated carbocycles. The molecule has 1 unspecified atom stereocenters. The van der Waals surface area contributed by atoms with Crippen molar-refractivity contribution in [3.05, 3.63) is 52.8 Å². The standard InChI is InChI=1S/C13H14BrN3/c1-10(7-11-5-3-2-4-6-11)17-13-15-8-12(14)9-16-13/h2-6,8-10H,7H2,1H3,(H,15,16,17). The van der Waals surface area contributed by atoms with Gasteiger partial charge in [-0.25, -0.2) is 9.97 Å². The topological polar surface area (TPSA) is 37.8 Å². The molecule has 88 valence electrons. The fourth-order valence-electron chi connectivity index (χ4n) is 1.63. The van der Waals surface area contributed by atoms with Crippen LogP contribution in [0.15, 0.2) is 47.2 Å². The monoisotopic (exact) mass is 291 g/mol. The second kappa shape index (κ2) is 5.77. The van der Waals surface area contributed by atoms with Crippen molar-refractivity contribution < 1.29 is 0 Å². The number of hydrogen-bond donors (Lipinski definition) is 1. The molecule has 0 saturated heterocycles. The van der Waals surface area contributed by atoms with Crippen LogP contribution in [0.4, 0.5) is 5.95 Å². The van der Waals surface area contributed by atoms with E-state index in [1.165, 1.54) is 5.56 Å². The van der Waals surface area contributed by atoms with Crippen LogP contribution in [0.2, 0.25) is 0 Å². The highest BCUT2D eigenvalue weighted by atomic mass is 79.9. The van der Waals surface area contributed by atoms with Gasteiger partial charge in [0, 0.05) is 18.4 Å². The predicted octanol–water partition coefficient (Wildman–Crippen LogP) is 3.28. The summed E-state index contributed by atoms with van der Waals surface area (Å²) in [5.74, 6) is 0.664. The lowest BCUT2D eigenvalue weighted by Crippen LogP contribution is -2.19. The van der Waals surface area contributed by atoms with E-state index in [1.54, 1.807) is 12.4 Å². The highest BCUT2D eigenvalue weighted by molar-refractivity contribution is 9.10. The van der Waals surface area contributed by atoms with Crippen LogP contribution in [0.25, 0.3) is 0 Å². The van der Waals surface area contributed by atoms with Crippen molar-refractivity contribution in [2.45, 2.75) is 19.4 Å². The van der Waals surface area contributed by atoms with Gasteiger partial charge in [-0.2, -0.15) is 0 Å². The maximum absolute atomic E-state index is 4.19. The van der Waals surface area contributed by atoms with E-state index in [9.17, 15) is 0 Å². The van der Waals surface area contributed by atoms with E-state index in [-0.39, 0.29) is 0 Å². The Morgan fingerprint density at radius 1 is 1.18 bits per heavy atom. The summed E-state index contributed by atoms with van der Waals surface area (Å²) in [5, 5.41) is 3.27. The predicted molar refractivity (Wildman–Crippen MR) is 73.0 cm³/mol. The van der Waals surface area contributed by atoms with Crippen LogP contribution in [0.5, 0.6) is 0 Å². The Kier molecular flexibility index (Phi) is 4.09. The zero-order valence-corrected chi connectivity index (χ0v) is 11.2. The Morgan fingerprint density at radius 2 is 1.82 bits per heavy atom. The molecular weight excluding hydrogens is 278 g/mol. The minimum Gasteiger partial charge on any atom is -0.351 e. The van der Waals surface area contributed by atoms with Crippen LogP contribution in [-0.2, 0) is 6.42 Å². The summed E-state index contributed by atoms with van der Waals surface area (Å²) in [7, 11) is 0. The number of benzene rings is 1. The molecule has 0 radical (unpaired) electrons. The first-order chi connectivity index (χ1) is 8.24. The molecule has 1 N–H and O–H groups in total. The van der Waals surface area contributed by atoms with E-state index in [4.69, 9.17) is 0 Å². The highest BCUT2D eigenvalue weighted by Gasteiger charge is 2.04. The number of rotatable bonds is 4. The molecule has 0 aliphatic heterocycles. The maximum Gasteiger partial charge on any atom is 0.222 e. The summed E-state index contributed by atoms with van der Waals surface area (Å²) in [6, 6.07) is 10.7. The lowest BCUT2D eigenvalue weighted by molar-refractivity contribution is 0.777. The van der Waals surface area contributed by atoms with Crippen molar-refractivity contribution in [3.63, 3.8) is 0 Å². The van der Waals surface area contributed by atoms with Crippen LogP contribution < -0.4 is 5.32 Å². The second-order valence-electron chi connectivity index (χ2n) is 3.96. The Morgan fingerprint density at radius 3 is 2.47 bits per heavy atom. The zero-order valence-electron chi connectivity index (χ0n) is 9.60. The Balaban J connectivity index is 1.93. The van der Waals surface area contributed by atoms with Crippen molar-refractivity contribution >= 4 is 21.9 Å². The molecule has 1 heterocycles. The van der Waals surface area contributed by atoms with Gasteiger partial charge < -0.3 is 5.32 Å². The summed E-state index contributed by atoms with van der Waals surface area (Å²) in [6.45, 7) is 2.12. The lowest BCUT2D eigenvalue weighted by atomic mass is 10.1. The minimum atomic E-state index is 0.304. The first-order valence-corrected chi connectivity index (χ1v) is 6.31. The lowest BCUT2D eigenvalue weighted by Gasteiger charge is -2.13. The first-order valence-electron chi connectivity index (χ1n) is 5.52. The van der Waals surface area contributed by atoms with E-state index in [0.717, 1.165) is 10.9 Å². The molecule has 0 spiro atoms. The summed E-state index contributed by atoms with van der Waals surface area (Å²) >= 11 is 3.31. The molecule has 1 aromatic carbocycles. The van der Waals surface area contributed by atoms with Gasteiger partial charge in [0.15, 0.2) is 0 Å². The highest BCUT2D eigenvalue weighted by Crippen LogP contribution is 2.09. The number of anilines is 1. The van der Waals surface area contributed by atoms with Gasteiger partial charge in [-0.1, -0.05) is 30.3 Å². The van der Waals surface area contributed by atoms with Gasteiger partial charge in [-0.15, -0.1) is 0 Å². The van der Waals surface area contributed by atoms with Crippen LogP contribution in [0.3, 0.4) is 0 Å². The van der Waals surface area contributed by atoms with Gasteiger partial charge in [-0.3, -0.25) is 0 Å². The van der Waals surface area contributed by atoms with Crippen molar-refractivity contribution in [1.29, 1.82) is 0 Å². The molecule has 2 aromatic rings. The molecule has 4 heteroatoms. The van der Waals surface area contributed by atoms with Gasteiger partial charge in [0.2, 0.25) is 5.95 Å². The summed E-state index contributed by atoms with van der Waals surface area (Å²) in [6.07, 6.45) is 4.44. The van der Waals surface area contributed by atoms with E-state index in [1.807, 2.05) is 6.07 Å². The third-order valence-electron chi connectivity index (χ3n) is 2.38. The third-order valence-corrected chi connectivity index (χ3v) is 2.79. The normalized spacial score (nSPS) is 12.1. The summed E-state index contributed by atoms with van der Waals surface area (Å²) in [5.41, 5.74) is 1.31. The van der Waals surface area contributed by atoms with Crippen molar-refractivity contribution in [2.75, 3.05) is 5.32 Å². The molecule has 3 nitrogen and oxygen atoms in total. The van der Waals surface area contributed by atoms with Gasteiger partial charge >= 0.3 is 0 Å². The molecule has 0 bridgehead atoms. The summed E-state index contributed by atoms with van der Waals surface area (Å²) < 4.78 is 0.888. The average molecular weight is 292 g/mol. The largest absolute Gasteiger partial charge is 0.351 e. The van der Waals surface area contributed by atoms with E-state index in [0.29, 0.717) is 12.0 Å². The fourth-order valence-corrected chi connectivity index (χ4v) is 1.83. The van der Waals surface area contributed by atoms with E-state index < -0.39 is 0 Å². The van der Waals surface area contributed by atoms with Gasteiger partial charge in [0.25, 0.3) is 0 Å². The molecule has 0 aliphatic carbocycles. The van der Waals surface area contributed by atoms with E-state index >= 15 is 0 Å². The first kappa shape index (κ1) is 12.0. The third kappa shape index (κ3) is 3.82. The van der Waals surface area contributed by atoms with Crippen LogP contribution in [-0.4, -0.2) is 16.0 Å². The molecular formula is C13H14BrN3. The Hall–Kier alpha value is -1.42. The molecule has 0 amide bonds. The van der Waals surface area contributed by atoms with Crippen LogP contribution >= 0.6 is 15.9 Å². The number of halogens is 1. The number of hydrogen-bond acceptors (Lipinski definition) is 3. The quantitative estimate of drug-likeness (QED) is 0.939. The van der Waals surface area contributed by atoms with Crippen molar-refractivity contribution in [2.24, 2.45) is 0 Å². The molecule has 0 aliphatic rings. The van der Waals surface area contributed by atoms with Gasteiger partial charge in [0.05, 0.1) is 4.47 Å². The molecule has 1 aromatic heterocycles. The van der Waals surface area contributed by atoms with Crippen LogP contribution in [0.1, 0.15) is 12.5 Å². The molecule has 17 heavy (non-hydrogen) atoms. The van der Waals surface area contributed by atoms with Crippen molar-refractivity contribution in [1.82, 2.24) is 9.97 Å². The fraction of sp³-hybridized carbons (Fsp3) is 0.231.